The van der Waals surface area contributed by atoms with Gasteiger partial charge < -0.3 is 49.3 Å². The van der Waals surface area contributed by atoms with Crippen molar-refractivity contribution in [3.63, 3.8) is 0 Å². The van der Waals surface area contributed by atoms with Crippen LogP contribution in [0.4, 0.5) is 0 Å². The molecule has 0 saturated carbocycles. The molecular weight excluding hydrogens is 636 g/mol. The summed E-state index contributed by atoms with van der Waals surface area (Å²) in [5.74, 6) is -7.54. The van der Waals surface area contributed by atoms with Crippen LogP contribution >= 0.6 is 0 Å². The van der Waals surface area contributed by atoms with Gasteiger partial charge in [0.15, 0.2) is 36.6 Å². The molecule has 0 aromatic rings. The molecular formula is C32H56N2O14. The predicted molar refractivity (Wildman–Crippen MR) is 170 cm³/mol. The van der Waals surface area contributed by atoms with Crippen LogP contribution in [0.1, 0.15) is 69.2 Å². The number of rotatable bonds is 21. The fourth-order valence-electron chi connectivity index (χ4n) is 4.42. The minimum absolute atomic E-state index is 0.306. The van der Waals surface area contributed by atoms with Crippen LogP contribution in [0.3, 0.4) is 0 Å². The van der Waals surface area contributed by atoms with E-state index in [4.69, 9.17) is 28.4 Å². The van der Waals surface area contributed by atoms with E-state index in [9.17, 15) is 39.0 Å². The first kappa shape index (κ1) is 44.7. The number of carbonyl (C=O) groups excluding carboxylic acids is 6. The topological polar surface area (TPSA) is 222 Å². The lowest BCUT2D eigenvalue weighted by Crippen LogP contribution is -2.56. The average molecular weight is 693 g/mol. The molecule has 0 fully saturated rings. The summed E-state index contributed by atoms with van der Waals surface area (Å²) in [7, 11) is 3.01. The molecule has 0 aliphatic heterocycles. The normalized spacial score (nSPS) is 16.6. The number of hydrogen-bond donors (Lipinski definition) is 4. The van der Waals surface area contributed by atoms with E-state index in [0.717, 1.165) is 13.8 Å². The van der Waals surface area contributed by atoms with Crippen LogP contribution in [-0.2, 0) is 57.2 Å². The standard InChI is InChI=1S/C32H56N2O14/c1-15(2)23(33-11)29(39)47-21(13-43-31(41)25(37)17(5)6)27(45-19(9)35)28(46-20(10)36)22(14-44-32(42)26(38)18(7)8)48-30(40)24(34-12)16(3)4/h15-18,21-28,33-34,37-38H,13-14H2,1-12H3. The van der Waals surface area contributed by atoms with Crippen LogP contribution in [-0.4, -0.2) is 122 Å². The Bertz CT molecular complexity index is 981. The van der Waals surface area contributed by atoms with Crippen molar-refractivity contribution in [2.45, 2.75) is 118 Å². The van der Waals surface area contributed by atoms with Crippen molar-refractivity contribution in [1.82, 2.24) is 10.6 Å². The zero-order valence-electron chi connectivity index (χ0n) is 30.1. The number of carbonyl (C=O) groups is 6. The summed E-state index contributed by atoms with van der Waals surface area (Å²) in [4.78, 5) is 76.9. The maximum atomic E-state index is 13.3. The van der Waals surface area contributed by atoms with Crippen LogP contribution in [0.5, 0.6) is 0 Å². The summed E-state index contributed by atoms with van der Waals surface area (Å²) in [6, 6.07) is -1.80. The molecule has 16 heteroatoms. The molecule has 0 saturated heterocycles. The zero-order chi connectivity index (χ0) is 37.5. The van der Waals surface area contributed by atoms with E-state index in [2.05, 4.69) is 10.6 Å². The molecule has 0 heterocycles. The first-order valence-electron chi connectivity index (χ1n) is 16.0. The fourth-order valence-corrected chi connectivity index (χ4v) is 4.42. The Morgan fingerprint density at radius 2 is 0.792 bits per heavy atom. The van der Waals surface area contributed by atoms with E-state index >= 15 is 0 Å². The van der Waals surface area contributed by atoms with Crippen LogP contribution in [0.15, 0.2) is 0 Å². The smallest absolute Gasteiger partial charge is 0.335 e. The second kappa shape index (κ2) is 21.6. The molecule has 48 heavy (non-hydrogen) atoms. The number of nitrogens with one attached hydrogen (secondary N) is 2. The van der Waals surface area contributed by atoms with Crippen LogP contribution < -0.4 is 10.6 Å². The summed E-state index contributed by atoms with van der Waals surface area (Å²) in [5, 5.41) is 26.1. The van der Waals surface area contributed by atoms with Gasteiger partial charge in [-0.2, -0.15) is 0 Å². The van der Waals surface area contributed by atoms with E-state index in [-0.39, 0.29) is 11.8 Å². The molecule has 4 N–H and O–H groups in total. The Balaban J connectivity index is 7.22. The van der Waals surface area contributed by atoms with E-state index in [1.807, 2.05) is 0 Å². The summed E-state index contributed by atoms with van der Waals surface area (Å²) in [6.07, 6.45) is -10.2. The Labute approximate surface area is 282 Å². The lowest BCUT2D eigenvalue weighted by molar-refractivity contribution is -0.210. The number of aliphatic hydroxyl groups excluding tert-OH is 2. The summed E-state index contributed by atoms with van der Waals surface area (Å²) in [6.45, 7) is 13.6. The van der Waals surface area contributed by atoms with Gasteiger partial charge in [-0.3, -0.25) is 19.2 Å². The molecule has 0 aromatic carbocycles. The molecule has 0 rings (SSSR count). The van der Waals surface area contributed by atoms with Crippen LogP contribution in [0.25, 0.3) is 0 Å². The van der Waals surface area contributed by atoms with Crippen molar-refractivity contribution in [3.05, 3.63) is 0 Å². The SMILES string of the molecule is CNC(C(=O)OC(COC(=O)C(O)C(C)C)C(OC(C)=O)C(OC(C)=O)C(COC(=O)C(O)C(C)C)OC(=O)C(NC)C(C)C)C(C)C. The molecule has 0 aliphatic carbocycles. The van der Waals surface area contributed by atoms with E-state index in [0.29, 0.717) is 0 Å². The predicted octanol–water partition coefficient (Wildman–Crippen LogP) is 0.282. The molecule has 8 atom stereocenters. The lowest BCUT2D eigenvalue weighted by atomic mass is 10.0. The van der Waals surface area contributed by atoms with Gasteiger partial charge in [-0.15, -0.1) is 0 Å². The Morgan fingerprint density at radius 1 is 0.500 bits per heavy atom. The molecule has 0 bridgehead atoms. The molecule has 0 aliphatic rings. The third kappa shape index (κ3) is 14.8. The number of ether oxygens (including phenoxy) is 6. The van der Waals surface area contributed by atoms with Crippen molar-refractivity contribution in [2.24, 2.45) is 23.7 Å². The number of likely N-dealkylation sites (N-methyl/N-ethyl adjacent to an activating group) is 2. The van der Waals surface area contributed by atoms with Crippen molar-refractivity contribution in [3.8, 4) is 0 Å². The second-order valence-electron chi connectivity index (χ2n) is 12.8. The molecule has 0 amide bonds. The Hall–Kier alpha value is -3.34. The van der Waals surface area contributed by atoms with Crippen LogP contribution in [0, 0.1) is 23.7 Å². The summed E-state index contributed by atoms with van der Waals surface area (Å²) < 4.78 is 33.0. The highest BCUT2D eigenvalue weighted by Gasteiger charge is 2.46. The highest BCUT2D eigenvalue weighted by Crippen LogP contribution is 2.23. The van der Waals surface area contributed by atoms with Gasteiger partial charge >= 0.3 is 35.8 Å². The molecule has 16 nitrogen and oxygen atoms in total. The quantitative estimate of drug-likeness (QED) is 0.0937. The molecule has 0 radical (unpaired) electrons. The highest BCUT2D eigenvalue weighted by atomic mass is 16.6. The van der Waals surface area contributed by atoms with Gasteiger partial charge in [-0.1, -0.05) is 55.4 Å². The number of aliphatic hydroxyl groups is 2. The van der Waals surface area contributed by atoms with Gasteiger partial charge in [-0.05, 0) is 37.8 Å². The minimum atomic E-state index is -1.83. The van der Waals surface area contributed by atoms with Crippen molar-refractivity contribution in [1.29, 1.82) is 0 Å². The van der Waals surface area contributed by atoms with E-state index in [1.54, 1.807) is 55.4 Å². The van der Waals surface area contributed by atoms with Gasteiger partial charge in [0.05, 0.1) is 0 Å². The molecule has 0 spiro atoms. The zero-order valence-corrected chi connectivity index (χ0v) is 30.1. The molecule has 8 unspecified atom stereocenters. The van der Waals surface area contributed by atoms with Crippen molar-refractivity contribution < 1.29 is 67.4 Å². The van der Waals surface area contributed by atoms with Gasteiger partial charge in [0.25, 0.3) is 0 Å². The summed E-state index contributed by atoms with van der Waals surface area (Å²) >= 11 is 0. The van der Waals surface area contributed by atoms with E-state index in [1.165, 1.54) is 14.1 Å². The largest absolute Gasteiger partial charge is 0.460 e. The highest BCUT2D eigenvalue weighted by molar-refractivity contribution is 5.78. The Morgan fingerprint density at radius 3 is 1.00 bits per heavy atom. The minimum Gasteiger partial charge on any atom is -0.460 e. The monoisotopic (exact) mass is 692 g/mol. The number of esters is 6. The lowest BCUT2D eigenvalue weighted by Gasteiger charge is -2.36. The van der Waals surface area contributed by atoms with Gasteiger partial charge in [0.1, 0.15) is 25.3 Å². The first-order chi connectivity index (χ1) is 22.2. The second-order valence-corrected chi connectivity index (χ2v) is 12.8. The first-order valence-corrected chi connectivity index (χ1v) is 16.0. The maximum absolute atomic E-state index is 13.3. The van der Waals surface area contributed by atoms with Crippen molar-refractivity contribution >= 4 is 35.8 Å². The van der Waals surface area contributed by atoms with Crippen LogP contribution in [0.2, 0.25) is 0 Å². The van der Waals surface area contributed by atoms with E-state index < -0.39 is 110 Å². The Kier molecular flexibility index (Phi) is 20.1. The summed E-state index contributed by atoms with van der Waals surface area (Å²) in [5.41, 5.74) is 0. The van der Waals surface area contributed by atoms with Gasteiger partial charge in [-0.25, -0.2) is 9.59 Å². The third-order valence-corrected chi connectivity index (χ3v) is 7.18. The fraction of sp³-hybridized carbons (Fsp3) is 0.812. The number of hydrogen-bond acceptors (Lipinski definition) is 16. The maximum Gasteiger partial charge on any atom is 0.335 e. The molecule has 278 valence electrons. The average Bonchev–Trinajstić information content (AvgIpc) is 2.97. The van der Waals surface area contributed by atoms with Crippen molar-refractivity contribution in [2.75, 3.05) is 27.3 Å². The third-order valence-electron chi connectivity index (χ3n) is 7.18. The molecule has 0 aromatic heterocycles. The van der Waals surface area contributed by atoms with Gasteiger partial charge in [0, 0.05) is 13.8 Å². The van der Waals surface area contributed by atoms with Gasteiger partial charge in [0.2, 0.25) is 0 Å².